The molecular formula is C13H27NO2. The zero-order chi connectivity index (χ0) is 12.2. The van der Waals surface area contributed by atoms with Crippen LogP contribution in [0.25, 0.3) is 0 Å². The molecule has 1 fully saturated rings. The molecule has 0 aliphatic carbocycles. The maximum absolute atomic E-state index is 5.72. The average Bonchev–Trinajstić information content (AvgIpc) is 2.09. The highest BCUT2D eigenvalue weighted by Crippen LogP contribution is 2.12. The second-order valence-corrected chi connectivity index (χ2v) is 5.83. The lowest BCUT2D eigenvalue weighted by molar-refractivity contribution is -0.0719. The molecule has 1 saturated heterocycles. The monoisotopic (exact) mass is 229 g/mol. The Balaban J connectivity index is 2.13. The third-order valence-corrected chi connectivity index (χ3v) is 2.65. The molecule has 3 nitrogen and oxygen atoms in total. The van der Waals surface area contributed by atoms with Crippen molar-refractivity contribution in [2.75, 3.05) is 26.2 Å². The van der Waals surface area contributed by atoms with E-state index >= 15 is 0 Å². The number of nitrogens with zero attached hydrogens (tertiary/aromatic N) is 1. The van der Waals surface area contributed by atoms with Gasteiger partial charge >= 0.3 is 0 Å². The summed E-state index contributed by atoms with van der Waals surface area (Å²) in [6, 6.07) is 0. The van der Waals surface area contributed by atoms with Crippen molar-refractivity contribution in [1.82, 2.24) is 4.90 Å². The van der Waals surface area contributed by atoms with E-state index in [1.54, 1.807) is 0 Å². The Morgan fingerprint density at radius 3 is 2.25 bits per heavy atom. The molecule has 1 aliphatic rings. The van der Waals surface area contributed by atoms with Crippen LogP contribution in [0.4, 0.5) is 0 Å². The van der Waals surface area contributed by atoms with E-state index < -0.39 is 0 Å². The number of ether oxygens (including phenoxy) is 2. The lowest BCUT2D eigenvalue weighted by Gasteiger charge is -2.35. The summed E-state index contributed by atoms with van der Waals surface area (Å²) in [4.78, 5) is 2.48. The van der Waals surface area contributed by atoms with Crippen LogP contribution >= 0.6 is 0 Å². The Bertz CT molecular complexity index is 191. The van der Waals surface area contributed by atoms with Crippen molar-refractivity contribution in [3.05, 3.63) is 0 Å². The fourth-order valence-electron chi connectivity index (χ4n) is 2.13. The van der Waals surface area contributed by atoms with E-state index in [1.807, 2.05) is 0 Å². The molecule has 0 aromatic rings. The first-order valence-electron chi connectivity index (χ1n) is 6.38. The van der Waals surface area contributed by atoms with Gasteiger partial charge in [-0.2, -0.15) is 0 Å². The summed E-state index contributed by atoms with van der Waals surface area (Å²) in [7, 11) is 0. The van der Waals surface area contributed by atoms with Gasteiger partial charge in [0.2, 0.25) is 0 Å². The van der Waals surface area contributed by atoms with Gasteiger partial charge in [0.05, 0.1) is 17.8 Å². The van der Waals surface area contributed by atoms with Crippen LogP contribution in [0.1, 0.15) is 41.0 Å². The van der Waals surface area contributed by atoms with Gasteiger partial charge in [-0.05, 0) is 41.0 Å². The normalized spacial score (nSPS) is 28.3. The molecule has 0 aromatic heterocycles. The highest BCUT2D eigenvalue weighted by molar-refractivity contribution is 4.72. The Morgan fingerprint density at radius 1 is 1.19 bits per heavy atom. The van der Waals surface area contributed by atoms with Gasteiger partial charge in [0.1, 0.15) is 0 Å². The van der Waals surface area contributed by atoms with Gasteiger partial charge in [0, 0.05) is 26.2 Å². The van der Waals surface area contributed by atoms with E-state index in [9.17, 15) is 0 Å². The molecule has 0 saturated carbocycles. The van der Waals surface area contributed by atoms with Crippen LogP contribution in [0.2, 0.25) is 0 Å². The lowest BCUT2D eigenvalue weighted by Crippen LogP contribution is -2.45. The molecule has 96 valence electrons. The van der Waals surface area contributed by atoms with Crippen LogP contribution in [0.15, 0.2) is 0 Å². The van der Waals surface area contributed by atoms with Crippen LogP contribution in [-0.4, -0.2) is 49.0 Å². The Morgan fingerprint density at radius 2 is 1.75 bits per heavy atom. The van der Waals surface area contributed by atoms with Crippen LogP contribution in [-0.2, 0) is 9.47 Å². The molecular weight excluding hydrogens is 202 g/mol. The van der Waals surface area contributed by atoms with E-state index in [1.165, 1.54) is 0 Å². The lowest BCUT2D eigenvalue weighted by atomic mass is 10.2. The highest BCUT2D eigenvalue weighted by atomic mass is 16.5. The summed E-state index contributed by atoms with van der Waals surface area (Å²) in [6.45, 7) is 14.7. The van der Waals surface area contributed by atoms with Crippen molar-refractivity contribution >= 4 is 0 Å². The maximum atomic E-state index is 5.72. The number of hydrogen-bond donors (Lipinski definition) is 0. The number of hydrogen-bond acceptors (Lipinski definition) is 3. The van der Waals surface area contributed by atoms with Gasteiger partial charge < -0.3 is 9.47 Å². The zero-order valence-electron chi connectivity index (χ0n) is 11.5. The largest absolute Gasteiger partial charge is 0.376 e. The van der Waals surface area contributed by atoms with Gasteiger partial charge in [-0.25, -0.2) is 0 Å². The molecule has 0 amide bonds. The molecule has 0 N–H and O–H groups in total. The molecule has 0 aromatic carbocycles. The SMILES string of the molecule is C[C@@H]1CN(CCCOC(C)(C)C)C[C@H](C)O1. The fourth-order valence-corrected chi connectivity index (χ4v) is 2.13. The smallest absolute Gasteiger partial charge is 0.0678 e. The molecule has 3 heteroatoms. The molecule has 0 bridgehead atoms. The van der Waals surface area contributed by atoms with Crippen molar-refractivity contribution in [2.24, 2.45) is 0 Å². The quantitative estimate of drug-likeness (QED) is 0.690. The molecule has 2 atom stereocenters. The Kier molecular flexibility index (Phi) is 5.22. The molecule has 0 radical (unpaired) electrons. The Hall–Kier alpha value is -0.120. The predicted octanol–water partition coefficient (Wildman–Crippen LogP) is 2.30. The first kappa shape index (κ1) is 13.9. The van der Waals surface area contributed by atoms with Crippen LogP contribution in [0.5, 0.6) is 0 Å². The third kappa shape index (κ3) is 5.83. The second-order valence-electron chi connectivity index (χ2n) is 5.83. The standard InChI is InChI=1S/C13H27NO2/c1-11-9-14(10-12(2)16-11)7-6-8-15-13(3,4)5/h11-12H,6-10H2,1-5H3/t11-,12+. The minimum Gasteiger partial charge on any atom is -0.376 e. The third-order valence-electron chi connectivity index (χ3n) is 2.65. The van der Waals surface area contributed by atoms with E-state index in [2.05, 4.69) is 39.5 Å². The van der Waals surface area contributed by atoms with Crippen LogP contribution in [0.3, 0.4) is 0 Å². The van der Waals surface area contributed by atoms with Crippen molar-refractivity contribution in [3.63, 3.8) is 0 Å². The van der Waals surface area contributed by atoms with Gasteiger partial charge in [-0.15, -0.1) is 0 Å². The van der Waals surface area contributed by atoms with Gasteiger partial charge in [0.25, 0.3) is 0 Å². The zero-order valence-corrected chi connectivity index (χ0v) is 11.5. The van der Waals surface area contributed by atoms with Gasteiger partial charge in [0.15, 0.2) is 0 Å². The van der Waals surface area contributed by atoms with E-state index in [0.29, 0.717) is 12.2 Å². The summed E-state index contributed by atoms with van der Waals surface area (Å²) in [5.74, 6) is 0. The van der Waals surface area contributed by atoms with Crippen molar-refractivity contribution in [2.45, 2.75) is 58.8 Å². The van der Waals surface area contributed by atoms with E-state index in [-0.39, 0.29) is 5.60 Å². The summed E-state index contributed by atoms with van der Waals surface area (Å²) in [6.07, 6.45) is 1.84. The van der Waals surface area contributed by atoms with Crippen LogP contribution in [0, 0.1) is 0 Å². The summed E-state index contributed by atoms with van der Waals surface area (Å²) in [5, 5.41) is 0. The summed E-state index contributed by atoms with van der Waals surface area (Å²) < 4.78 is 11.4. The van der Waals surface area contributed by atoms with Gasteiger partial charge in [-0.3, -0.25) is 4.90 Å². The molecule has 1 rings (SSSR count). The average molecular weight is 229 g/mol. The summed E-state index contributed by atoms with van der Waals surface area (Å²) in [5.41, 5.74) is -0.00834. The van der Waals surface area contributed by atoms with Crippen molar-refractivity contribution in [1.29, 1.82) is 0 Å². The number of morpholine rings is 1. The second kappa shape index (κ2) is 5.99. The molecule has 0 spiro atoms. The highest BCUT2D eigenvalue weighted by Gasteiger charge is 2.21. The number of rotatable bonds is 4. The van der Waals surface area contributed by atoms with E-state index in [4.69, 9.17) is 9.47 Å². The van der Waals surface area contributed by atoms with Gasteiger partial charge in [-0.1, -0.05) is 0 Å². The predicted molar refractivity (Wildman–Crippen MR) is 66.8 cm³/mol. The minimum atomic E-state index is -0.00834. The van der Waals surface area contributed by atoms with E-state index in [0.717, 1.165) is 32.7 Å². The maximum Gasteiger partial charge on any atom is 0.0678 e. The molecule has 16 heavy (non-hydrogen) atoms. The fraction of sp³-hybridized carbons (Fsp3) is 1.00. The summed E-state index contributed by atoms with van der Waals surface area (Å²) >= 11 is 0. The van der Waals surface area contributed by atoms with Crippen molar-refractivity contribution in [3.8, 4) is 0 Å². The molecule has 0 unspecified atom stereocenters. The minimum absolute atomic E-state index is 0.00834. The molecule has 1 aliphatic heterocycles. The van der Waals surface area contributed by atoms with Crippen LogP contribution < -0.4 is 0 Å². The van der Waals surface area contributed by atoms with Crippen molar-refractivity contribution < 1.29 is 9.47 Å². The first-order valence-corrected chi connectivity index (χ1v) is 6.38. The first-order chi connectivity index (χ1) is 7.37. The Labute approximate surface area is 100 Å². The molecule has 1 heterocycles. The topological polar surface area (TPSA) is 21.7 Å².